The highest BCUT2D eigenvalue weighted by Gasteiger charge is 2.17. The van der Waals surface area contributed by atoms with E-state index in [1.165, 1.54) is 19.3 Å². The molecular formula is C9H14N4. The number of nitrogens with two attached hydrogens (primary N) is 1. The van der Waals surface area contributed by atoms with Gasteiger partial charge in [0, 0.05) is 17.8 Å². The Labute approximate surface area is 77.6 Å². The van der Waals surface area contributed by atoms with E-state index >= 15 is 0 Å². The first-order valence-corrected chi connectivity index (χ1v) is 4.62. The molecule has 0 radical (unpaired) electrons. The van der Waals surface area contributed by atoms with E-state index < -0.39 is 0 Å². The second-order valence-electron chi connectivity index (χ2n) is 3.53. The van der Waals surface area contributed by atoms with Gasteiger partial charge in [0.2, 0.25) is 5.95 Å². The first kappa shape index (κ1) is 8.29. The number of anilines is 2. The lowest BCUT2D eigenvalue weighted by molar-refractivity contribution is 0.443. The largest absolute Gasteiger partial charge is 0.384 e. The molecule has 1 heterocycles. The van der Waals surface area contributed by atoms with Crippen molar-refractivity contribution in [1.29, 1.82) is 0 Å². The third-order valence-electron chi connectivity index (χ3n) is 2.31. The normalized spacial score (nSPS) is 16.7. The van der Waals surface area contributed by atoms with E-state index in [4.69, 9.17) is 5.73 Å². The van der Waals surface area contributed by atoms with E-state index in [2.05, 4.69) is 15.3 Å². The van der Waals surface area contributed by atoms with Crippen LogP contribution in [0.25, 0.3) is 0 Å². The van der Waals surface area contributed by atoms with Gasteiger partial charge in [-0.2, -0.15) is 4.98 Å². The Balaban J connectivity index is 2.10. The van der Waals surface area contributed by atoms with Crippen LogP contribution >= 0.6 is 0 Å². The minimum Gasteiger partial charge on any atom is -0.384 e. The van der Waals surface area contributed by atoms with E-state index in [-0.39, 0.29) is 0 Å². The molecule has 0 unspecified atom stereocenters. The topological polar surface area (TPSA) is 63.8 Å². The van der Waals surface area contributed by atoms with Gasteiger partial charge in [-0.1, -0.05) is 0 Å². The van der Waals surface area contributed by atoms with Gasteiger partial charge < -0.3 is 11.1 Å². The molecule has 0 amide bonds. The number of aryl methyl sites for hydroxylation is 1. The fraction of sp³-hybridized carbons (Fsp3) is 0.556. The molecule has 1 aromatic heterocycles. The monoisotopic (exact) mass is 178 g/mol. The maximum atomic E-state index is 5.60. The van der Waals surface area contributed by atoms with Gasteiger partial charge in [-0.15, -0.1) is 0 Å². The molecule has 4 heteroatoms. The quantitative estimate of drug-likeness (QED) is 0.717. The van der Waals surface area contributed by atoms with Crippen molar-refractivity contribution in [1.82, 2.24) is 9.97 Å². The van der Waals surface area contributed by atoms with Gasteiger partial charge in [-0.05, 0) is 26.2 Å². The molecule has 2 rings (SSSR count). The smallest absolute Gasteiger partial charge is 0.225 e. The summed E-state index contributed by atoms with van der Waals surface area (Å²) in [5.74, 6) is 1.21. The number of hydrogen-bond acceptors (Lipinski definition) is 4. The van der Waals surface area contributed by atoms with Crippen molar-refractivity contribution in [3.8, 4) is 0 Å². The molecule has 0 atom stereocenters. The van der Waals surface area contributed by atoms with Crippen molar-refractivity contribution in [3.05, 3.63) is 11.8 Å². The van der Waals surface area contributed by atoms with Crippen LogP contribution in [0.15, 0.2) is 6.07 Å². The Morgan fingerprint density at radius 1 is 1.46 bits per heavy atom. The van der Waals surface area contributed by atoms with Crippen LogP contribution < -0.4 is 11.1 Å². The van der Waals surface area contributed by atoms with Crippen molar-refractivity contribution >= 4 is 11.8 Å². The van der Waals surface area contributed by atoms with Gasteiger partial charge in [0.05, 0.1) is 0 Å². The molecule has 1 aromatic rings. The third kappa shape index (κ3) is 1.88. The Hall–Kier alpha value is -1.32. The van der Waals surface area contributed by atoms with Crippen LogP contribution in [0.2, 0.25) is 0 Å². The molecule has 0 bridgehead atoms. The number of nitrogens with zero attached hydrogens (tertiary/aromatic N) is 2. The predicted molar refractivity (Wildman–Crippen MR) is 52.4 cm³/mol. The lowest BCUT2D eigenvalue weighted by Gasteiger charge is -2.26. The summed E-state index contributed by atoms with van der Waals surface area (Å²) >= 11 is 0. The van der Waals surface area contributed by atoms with E-state index in [1.54, 1.807) is 6.07 Å². The van der Waals surface area contributed by atoms with Crippen LogP contribution in [-0.2, 0) is 0 Å². The molecule has 1 fully saturated rings. The van der Waals surface area contributed by atoms with Crippen LogP contribution in [0.5, 0.6) is 0 Å². The summed E-state index contributed by atoms with van der Waals surface area (Å²) in [5, 5.41) is 3.26. The first-order chi connectivity index (χ1) is 6.24. The van der Waals surface area contributed by atoms with E-state index in [9.17, 15) is 0 Å². The lowest BCUT2D eigenvalue weighted by Crippen LogP contribution is -2.28. The molecule has 1 aliphatic carbocycles. The number of nitrogen functional groups attached to an aromatic ring is 1. The van der Waals surface area contributed by atoms with Crippen LogP contribution in [0.1, 0.15) is 25.0 Å². The Bertz CT molecular complexity index is 286. The maximum Gasteiger partial charge on any atom is 0.225 e. The van der Waals surface area contributed by atoms with Crippen molar-refractivity contribution in [2.24, 2.45) is 0 Å². The van der Waals surface area contributed by atoms with Crippen LogP contribution in [-0.4, -0.2) is 16.0 Å². The van der Waals surface area contributed by atoms with Crippen molar-refractivity contribution in [2.45, 2.75) is 32.2 Å². The highest BCUT2D eigenvalue weighted by atomic mass is 15.1. The molecule has 4 nitrogen and oxygen atoms in total. The summed E-state index contributed by atoms with van der Waals surface area (Å²) in [4.78, 5) is 8.37. The molecular weight excluding hydrogens is 164 g/mol. The summed E-state index contributed by atoms with van der Waals surface area (Å²) in [5.41, 5.74) is 6.51. The van der Waals surface area contributed by atoms with Crippen molar-refractivity contribution < 1.29 is 0 Å². The lowest BCUT2D eigenvalue weighted by atomic mass is 9.93. The molecule has 13 heavy (non-hydrogen) atoms. The van der Waals surface area contributed by atoms with E-state index in [1.807, 2.05) is 6.92 Å². The molecule has 0 spiro atoms. The molecule has 0 aliphatic heterocycles. The minimum atomic E-state index is 0.536. The zero-order valence-electron chi connectivity index (χ0n) is 7.75. The second-order valence-corrected chi connectivity index (χ2v) is 3.53. The average molecular weight is 178 g/mol. The third-order valence-corrected chi connectivity index (χ3v) is 2.31. The minimum absolute atomic E-state index is 0.536. The Kier molecular flexibility index (Phi) is 2.04. The molecule has 70 valence electrons. The second kappa shape index (κ2) is 3.20. The van der Waals surface area contributed by atoms with Gasteiger partial charge in [-0.25, -0.2) is 4.98 Å². The molecule has 3 N–H and O–H groups in total. The van der Waals surface area contributed by atoms with E-state index in [0.717, 1.165) is 5.69 Å². The highest BCUT2D eigenvalue weighted by Crippen LogP contribution is 2.21. The van der Waals surface area contributed by atoms with Crippen LogP contribution in [0, 0.1) is 6.92 Å². The van der Waals surface area contributed by atoms with Gasteiger partial charge in [0.15, 0.2) is 0 Å². The fourth-order valence-corrected chi connectivity index (χ4v) is 1.39. The van der Waals surface area contributed by atoms with Crippen molar-refractivity contribution in [3.63, 3.8) is 0 Å². The number of hydrogen-bond donors (Lipinski definition) is 2. The molecule has 1 saturated carbocycles. The fourth-order valence-electron chi connectivity index (χ4n) is 1.39. The zero-order chi connectivity index (χ0) is 9.26. The van der Waals surface area contributed by atoms with Gasteiger partial charge in [-0.3, -0.25) is 0 Å². The average Bonchev–Trinajstić information content (AvgIpc) is 1.95. The summed E-state index contributed by atoms with van der Waals surface area (Å²) in [6, 6.07) is 2.33. The zero-order valence-corrected chi connectivity index (χ0v) is 7.75. The van der Waals surface area contributed by atoms with Crippen LogP contribution in [0.3, 0.4) is 0 Å². The SMILES string of the molecule is Cc1cc(N)nc(NC2CCC2)n1. The summed E-state index contributed by atoms with van der Waals surface area (Å²) in [6.07, 6.45) is 3.74. The van der Waals surface area contributed by atoms with Crippen molar-refractivity contribution in [2.75, 3.05) is 11.1 Å². The molecule has 0 saturated heterocycles. The first-order valence-electron chi connectivity index (χ1n) is 4.62. The number of rotatable bonds is 2. The van der Waals surface area contributed by atoms with Gasteiger partial charge in [0.1, 0.15) is 5.82 Å². The molecule has 1 aliphatic rings. The Morgan fingerprint density at radius 2 is 2.23 bits per heavy atom. The van der Waals surface area contributed by atoms with E-state index in [0.29, 0.717) is 17.8 Å². The number of aromatic nitrogens is 2. The molecule has 0 aromatic carbocycles. The highest BCUT2D eigenvalue weighted by molar-refractivity contribution is 5.38. The Morgan fingerprint density at radius 3 is 2.77 bits per heavy atom. The van der Waals surface area contributed by atoms with Gasteiger partial charge in [0.25, 0.3) is 0 Å². The van der Waals surface area contributed by atoms with Crippen LogP contribution in [0.4, 0.5) is 11.8 Å². The predicted octanol–water partition coefficient (Wildman–Crippen LogP) is 1.33. The maximum absolute atomic E-state index is 5.60. The number of nitrogens with one attached hydrogen (secondary N) is 1. The standard InChI is InChI=1S/C9H14N4/c1-6-5-8(10)13-9(11-6)12-7-3-2-4-7/h5,7H,2-4H2,1H3,(H3,10,11,12,13). The summed E-state index contributed by atoms with van der Waals surface area (Å²) in [7, 11) is 0. The van der Waals surface area contributed by atoms with Gasteiger partial charge >= 0.3 is 0 Å². The summed E-state index contributed by atoms with van der Waals surface area (Å²) in [6.45, 7) is 1.92. The summed E-state index contributed by atoms with van der Waals surface area (Å²) < 4.78 is 0.